The average Bonchev–Trinajstić information content (AvgIpc) is 2.15. The second-order valence-electron chi connectivity index (χ2n) is 2.86. The molecule has 0 radical (unpaired) electrons. The molecule has 74 valence electrons. The summed E-state index contributed by atoms with van der Waals surface area (Å²) in [7, 11) is 1.62. The van der Waals surface area contributed by atoms with E-state index in [2.05, 4.69) is 5.10 Å². The number of hydrogen-bond donors (Lipinski definition) is 1. The molecule has 0 aliphatic carbocycles. The minimum Gasteiger partial charge on any atom is -0.480 e. The third kappa shape index (κ3) is 3.71. The fraction of sp³-hybridized carbons (Fsp3) is 0.200. The number of carbonyl (C=O) groups is 1. The summed E-state index contributed by atoms with van der Waals surface area (Å²) in [4.78, 5) is 10.3. The summed E-state index contributed by atoms with van der Waals surface area (Å²) in [5, 5.41) is 13.8. The Kier molecular flexibility index (Phi) is 3.67. The van der Waals surface area contributed by atoms with E-state index in [1.165, 1.54) is 5.01 Å². The van der Waals surface area contributed by atoms with E-state index in [1.54, 1.807) is 13.3 Å². The molecule has 1 aromatic carbocycles. The summed E-state index contributed by atoms with van der Waals surface area (Å²) in [5.41, 5.74) is 0.949. The van der Waals surface area contributed by atoms with Crippen LogP contribution in [-0.2, 0) is 4.79 Å². The van der Waals surface area contributed by atoms with Gasteiger partial charge in [-0.2, -0.15) is 5.10 Å². The van der Waals surface area contributed by atoms with Gasteiger partial charge >= 0.3 is 5.97 Å². The van der Waals surface area contributed by atoms with E-state index in [4.69, 9.17) is 5.11 Å². The maximum Gasteiger partial charge on any atom is 0.324 e. The van der Waals surface area contributed by atoms with Gasteiger partial charge in [0.1, 0.15) is 6.54 Å². The van der Waals surface area contributed by atoms with Gasteiger partial charge in [0.05, 0.1) is 6.21 Å². The predicted octanol–water partition coefficient (Wildman–Crippen LogP) is 1.04. The first-order valence-electron chi connectivity index (χ1n) is 4.20. The quantitative estimate of drug-likeness (QED) is 0.572. The Hall–Kier alpha value is -1.84. The number of aliphatic carboxylic acids is 1. The highest BCUT2D eigenvalue weighted by Gasteiger charge is 1.98. The second-order valence-corrected chi connectivity index (χ2v) is 2.86. The summed E-state index contributed by atoms with van der Waals surface area (Å²) >= 11 is 0. The van der Waals surface area contributed by atoms with Crippen molar-refractivity contribution in [2.24, 2.45) is 5.10 Å². The topological polar surface area (TPSA) is 52.9 Å². The van der Waals surface area contributed by atoms with Crippen LogP contribution in [0.3, 0.4) is 0 Å². The molecule has 0 aliphatic rings. The summed E-state index contributed by atoms with van der Waals surface area (Å²) in [5.74, 6) is -0.891. The van der Waals surface area contributed by atoms with Crippen molar-refractivity contribution in [2.75, 3.05) is 13.6 Å². The Morgan fingerprint density at radius 2 is 2.14 bits per heavy atom. The number of likely N-dealkylation sites (N-methyl/N-ethyl adjacent to an activating group) is 1. The van der Waals surface area contributed by atoms with Crippen LogP contribution >= 0.6 is 0 Å². The van der Waals surface area contributed by atoms with Crippen molar-refractivity contribution in [3.8, 4) is 0 Å². The van der Waals surface area contributed by atoms with E-state index in [1.807, 2.05) is 30.3 Å². The lowest BCUT2D eigenvalue weighted by Crippen LogP contribution is -2.20. The first-order chi connectivity index (χ1) is 6.68. The highest BCUT2D eigenvalue weighted by molar-refractivity contribution is 5.79. The average molecular weight is 192 g/mol. The van der Waals surface area contributed by atoms with Gasteiger partial charge in [0.25, 0.3) is 0 Å². The monoisotopic (exact) mass is 192 g/mol. The van der Waals surface area contributed by atoms with Gasteiger partial charge in [0.2, 0.25) is 0 Å². The zero-order chi connectivity index (χ0) is 10.4. The lowest BCUT2D eigenvalue weighted by molar-refractivity contribution is -0.137. The Bertz CT molecular complexity index is 322. The molecule has 0 bridgehead atoms. The van der Waals surface area contributed by atoms with Crippen LogP contribution in [0, 0.1) is 0 Å². The minimum absolute atomic E-state index is 0.0939. The molecule has 0 aliphatic heterocycles. The number of rotatable bonds is 4. The van der Waals surface area contributed by atoms with Gasteiger partial charge in [0.15, 0.2) is 0 Å². The van der Waals surface area contributed by atoms with Crippen molar-refractivity contribution < 1.29 is 9.90 Å². The SMILES string of the molecule is CN(CC(=O)O)N=Cc1ccccc1. The van der Waals surface area contributed by atoms with Crippen LogP contribution < -0.4 is 0 Å². The third-order valence-electron chi connectivity index (χ3n) is 1.57. The molecular formula is C10H12N2O2. The molecule has 0 saturated carbocycles. The van der Waals surface area contributed by atoms with Gasteiger partial charge in [-0.15, -0.1) is 0 Å². The van der Waals surface area contributed by atoms with E-state index in [-0.39, 0.29) is 6.54 Å². The molecule has 1 rings (SSSR count). The number of carboxylic acids is 1. The van der Waals surface area contributed by atoms with Gasteiger partial charge < -0.3 is 5.11 Å². The van der Waals surface area contributed by atoms with Crippen LogP contribution in [0.15, 0.2) is 35.4 Å². The lowest BCUT2D eigenvalue weighted by atomic mass is 10.2. The molecule has 0 unspecified atom stereocenters. The van der Waals surface area contributed by atoms with E-state index in [0.29, 0.717) is 0 Å². The summed E-state index contributed by atoms with van der Waals surface area (Å²) < 4.78 is 0. The molecule has 0 fully saturated rings. The lowest BCUT2D eigenvalue weighted by Gasteiger charge is -2.08. The normalized spacial score (nSPS) is 10.4. The Labute approximate surface area is 82.5 Å². The highest BCUT2D eigenvalue weighted by atomic mass is 16.4. The maximum absolute atomic E-state index is 10.3. The molecule has 0 aromatic heterocycles. The highest BCUT2D eigenvalue weighted by Crippen LogP contribution is 1.94. The zero-order valence-corrected chi connectivity index (χ0v) is 7.92. The van der Waals surface area contributed by atoms with Gasteiger partial charge in [0, 0.05) is 7.05 Å². The van der Waals surface area contributed by atoms with Crippen molar-refractivity contribution in [2.45, 2.75) is 0 Å². The smallest absolute Gasteiger partial charge is 0.324 e. The van der Waals surface area contributed by atoms with E-state index in [0.717, 1.165) is 5.56 Å². The number of nitrogens with zero attached hydrogens (tertiary/aromatic N) is 2. The molecule has 4 heteroatoms. The van der Waals surface area contributed by atoms with Crippen LogP contribution in [0.25, 0.3) is 0 Å². The third-order valence-corrected chi connectivity index (χ3v) is 1.57. The van der Waals surface area contributed by atoms with Crippen LogP contribution in [-0.4, -0.2) is 35.9 Å². The molecule has 1 aromatic rings. The van der Waals surface area contributed by atoms with Crippen LogP contribution in [0.4, 0.5) is 0 Å². The summed E-state index contributed by atoms with van der Waals surface area (Å²) in [6.07, 6.45) is 1.63. The van der Waals surface area contributed by atoms with Crippen molar-refractivity contribution in [3.63, 3.8) is 0 Å². The predicted molar refractivity (Wildman–Crippen MR) is 54.3 cm³/mol. The standard InChI is InChI=1S/C10H12N2O2/c1-12(8-10(13)14)11-7-9-5-3-2-4-6-9/h2-7H,8H2,1H3,(H,13,14). The Morgan fingerprint density at radius 1 is 1.50 bits per heavy atom. The fourth-order valence-corrected chi connectivity index (χ4v) is 0.941. The number of hydrogen-bond acceptors (Lipinski definition) is 3. The van der Waals surface area contributed by atoms with E-state index >= 15 is 0 Å². The largest absolute Gasteiger partial charge is 0.480 e. The van der Waals surface area contributed by atoms with Crippen molar-refractivity contribution in [3.05, 3.63) is 35.9 Å². The van der Waals surface area contributed by atoms with Gasteiger partial charge in [-0.25, -0.2) is 0 Å². The number of benzene rings is 1. The van der Waals surface area contributed by atoms with Gasteiger partial charge in [-0.3, -0.25) is 9.80 Å². The minimum atomic E-state index is -0.891. The number of hydrazone groups is 1. The van der Waals surface area contributed by atoms with Crippen LogP contribution in [0.5, 0.6) is 0 Å². The summed E-state index contributed by atoms with van der Waals surface area (Å²) in [6.45, 7) is -0.0939. The first-order valence-corrected chi connectivity index (χ1v) is 4.20. The molecule has 0 saturated heterocycles. The molecule has 0 atom stereocenters. The zero-order valence-electron chi connectivity index (χ0n) is 7.92. The second kappa shape index (κ2) is 5.01. The van der Waals surface area contributed by atoms with Gasteiger partial charge in [-0.1, -0.05) is 30.3 Å². The van der Waals surface area contributed by atoms with Crippen molar-refractivity contribution >= 4 is 12.2 Å². The van der Waals surface area contributed by atoms with Crippen LogP contribution in [0.2, 0.25) is 0 Å². The molecule has 0 spiro atoms. The van der Waals surface area contributed by atoms with Crippen molar-refractivity contribution in [1.29, 1.82) is 0 Å². The van der Waals surface area contributed by atoms with E-state index in [9.17, 15) is 4.79 Å². The number of carboxylic acid groups (broad SMARTS) is 1. The van der Waals surface area contributed by atoms with E-state index < -0.39 is 5.97 Å². The van der Waals surface area contributed by atoms with Crippen LogP contribution in [0.1, 0.15) is 5.56 Å². The van der Waals surface area contributed by atoms with Crippen molar-refractivity contribution in [1.82, 2.24) is 5.01 Å². The Morgan fingerprint density at radius 3 is 2.71 bits per heavy atom. The molecule has 0 heterocycles. The molecule has 0 amide bonds. The summed E-state index contributed by atoms with van der Waals surface area (Å²) in [6, 6.07) is 9.52. The molecule has 1 N–H and O–H groups in total. The molecule has 4 nitrogen and oxygen atoms in total. The maximum atomic E-state index is 10.3. The Balaban J connectivity index is 2.52. The first kappa shape index (κ1) is 10.2. The fourth-order valence-electron chi connectivity index (χ4n) is 0.941. The van der Waals surface area contributed by atoms with Gasteiger partial charge in [-0.05, 0) is 5.56 Å². The molecular weight excluding hydrogens is 180 g/mol. The molecule has 14 heavy (non-hydrogen) atoms.